The van der Waals surface area contributed by atoms with E-state index in [2.05, 4.69) is 26.8 Å². The first kappa shape index (κ1) is 15.2. The van der Waals surface area contributed by atoms with Gasteiger partial charge in [0, 0.05) is 5.92 Å². The van der Waals surface area contributed by atoms with Gasteiger partial charge in [-0.05, 0) is 19.8 Å². The van der Waals surface area contributed by atoms with Gasteiger partial charge in [-0.1, -0.05) is 45.8 Å². The van der Waals surface area contributed by atoms with Crippen molar-refractivity contribution in [2.24, 2.45) is 11.8 Å². The first-order chi connectivity index (χ1) is 7.65. The van der Waals surface area contributed by atoms with Crippen molar-refractivity contribution in [3.8, 4) is 0 Å². The smallest absolute Gasteiger partial charge is 0.308 e. The van der Waals surface area contributed by atoms with E-state index in [1.807, 2.05) is 13.0 Å². The summed E-state index contributed by atoms with van der Waals surface area (Å²) < 4.78 is 5.33. The van der Waals surface area contributed by atoms with Crippen LogP contribution in [0, 0.1) is 11.8 Å². The van der Waals surface area contributed by atoms with Gasteiger partial charge in [-0.25, -0.2) is 0 Å². The Bertz CT molecular complexity index is 203. The number of rotatable bonds is 8. The van der Waals surface area contributed by atoms with Crippen LogP contribution >= 0.6 is 0 Å². The molecule has 1 unspecified atom stereocenters. The monoisotopic (exact) mass is 226 g/mol. The normalized spacial score (nSPS) is 13.3. The SMILES string of the molecule is C/C=C\C(C)COC(=O)C(CCC)CCC. The average Bonchev–Trinajstić information content (AvgIpc) is 2.26. The molecule has 0 amide bonds. The lowest BCUT2D eigenvalue weighted by Gasteiger charge is -2.15. The number of hydrogen-bond donors (Lipinski definition) is 0. The van der Waals surface area contributed by atoms with Gasteiger partial charge < -0.3 is 4.74 Å². The fraction of sp³-hybridized carbons (Fsp3) is 0.786. The van der Waals surface area contributed by atoms with Crippen molar-refractivity contribution in [1.29, 1.82) is 0 Å². The number of ether oxygens (including phenoxy) is 1. The molecular weight excluding hydrogens is 200 g/mol. The van der Waals surface area contributed by atoms with Gasteiger partial charge in [0.1, 0.15) is 0 Å². The third-order valence-electron chi connectivity index (χ3n) is 2.62. The lowest BCUT2D eigenvalue weighted by Crippen LogP contribution is -2.20. The van der Waals surface area contributed by atoms with Crippen LogP contribution in [-0.2, 0) is 9.53 Å². The Labute approximate surface area is 100 Å². The fourth-order valence-electron chi connectivity index (χ4n) is 1.79. The van der Waals surface area contributed by atoms with Crippen LogP contribution < -0.4 is 0 Å². The van der Waals surface area contributed by atoms with Crippen LogP contribution in [-0.4, -0.2) is 12.6 Å². The first-order valence-electron chi connectivity index (χ1n) is 6.45. The molecule has 0 aromatic heterocycles. The Hall–Kier alpha value is -0.790. The van der Waals surface area contributed by atoms with E-state index in [0.717, 1.165) is 25.7 Å². The van der Waals surface area contributed by atoms with Crippen LogP contribution in [0.1, 0.15) is 53.4 Å². The lowest BCUT2D eigenvalue weighted by molar-refractivity contribution is -0.149. The molecule has 0 bridgehead atoms. The highest BCUT2D eigenvalue weighted by molar-refractivity contribution is 5.72. The highest BCUT2D eigenvalue weighted by Crippen LogP contribution is 2.15. The number of carbonyl (C=O) groups is 1. The van der Waals surface area contributed by atoms with Crippen LogP contribution in [0.2, 0.25) is 0 Å². The molecule has 0 saturated heterocycles. The van der Waals surface area contributed by atoms with E-state index in [1.165, 1.54) is 0 Å². The maximum Gasteiger partial charge on any atom is 0.308 e. The Morgan fingerprint density at radius 2 is 1.81 bits per heavy atom. The highest BCUT2D eigenvalue weighted by Gasteiger charge is 2.18. The van der Waals surface area contributed by atoms with Gasteiger partial charge in [-0.15, -0.1) is 0 Å². The molecule has 16 heavy (non-hydrogen) atoms. The summed E-state index contributed by atoms with van der Waals surface area (Å²) in [5, 5.41) is 0. The molecule has 1 atom stereocenters. The molecule has 2 heteroatoms. The topological polar surface area (TPSA) is 26.3 Å². The van der Waals surface area contributed by atoms with Gasteiger partial charge in [-0.2, -0.15) is 0 Å². The van der Waals surface area contributed by atoms with Gasteiger partial charge >= 0.3 is 5.97 Å². The van der Waals surface area contributed by atoms with E-state index in [-0.39, 0.29) is 11.9 Å². The molecule has 0 fully saturated rings. The molecule has 0 spiro atoms. The molecule has 0 radical (unpaired) electrons. The minimum Gasteiger partial charge on any atom is -0.465 e. The summed E-state index contributed by atoms with van der Waals surface area (Å²) in [5.41, 5.74) is 0. The second-order valence-electron chi connectivity index (χ2n) is 4.41. The third kappa shape index (κ3) is 6.65. The van der Waals surface area contributed by atoms with Crippen molar-refractivity contribution in [3.63, 3.8) is 0 Å². The molecule has 94 valence electrons. The van der Waals surface area contributed by atoms with Gasteiger partial charge in [0.05, 0.1) is 12.5 Å². The summed E-state index contributed by atoms with van der Waals surface area (Å²) in [6.45, 7) is 8.76. The Kier molecular flexibility index (Phi) is 8.97. The van der Waals surface area contributed by atoms with Crippen molar-refractivity contribution < 1.29 is 9.53 Å². The lowest BCUT2D eigenvalue weighted by atomic mass is 9.98. The summed E-state index contributed by atoms with van der Waals surface area (Å²) in [6, 6.07) is 0. The van der Waals surface area contributed by atoms with Crippen molar-refractivity contribution in [1.82, 2.24) is 0 Å². The third-order valence-corrected chi connectivity index (χ3v) is 2.62. The molecule has 0 aromatic carbocycles. The van der Waals surface area contributed by atoms with Crippen molar-refractivity contribution in [2.45, 2.75) is 53.4 Å². The van der Waals surface area contributed by atoms with E-state index < -0.39 is 0 Å². The van der Waals surface area contributed by atoms with Gasteiger partial charge in [-0.3, -0.25) is 4.79 Å². The zero-order valence-electron chi connectivity index (χ0n) is 11.2. The standard InChI is InChI=1S/C14H26O2/c1-5-8-12(4)11-16-14(15)13(9-6-2)10-7-3/h5,8,12-13H,6-7,9-11H2,1-4H3/b8-5-. The maximum atomic E-state index is 11.8. The zero-order valence-corrected chi connectivity index (χ0v) is 11.2. The number of allylic oxidation sites excluding steroid dienone is 1. The Morgan fingerprint density at radius 3 is 2.25 bits per heavy atom. The predicted molar refractivity (Wildman–Crippen MR) is 68.2 cm³/mol. The number of carbonyl (C=O) groups excluding carboxylic acids is 1. The molecule has 0 rings (SSSR count). The van der Waals surface area contributed by atoms with E-state index in [4.69, 9.17) is 4.74 Å². The van der Waals surface area contributed by atoms with Crippen molar-refractivity contribution in [2.75, 3.05) is 6.61 Å². The van der Waals surface area contributed by atoms with Crippen molar-refractivity contribution in [3.05, 3.63) is 12.2 Å². The highest BCUT2D eigenvalue weighted by atomic mass is 16.5. The average molecular weight is 226 g/mol. The summed E-state index contributed by atoms with van der Waals surface area (Å²) >= 11 is 0. The number of hydrogen-bond acceptors (Lipinski definition) is 2. The van der Waals surface area contributed by atoms with Crippen LogP contribution in [0.5, 0.6) is 0 Å². The fourth-order valence-corrected chi connectivity index (χ4v) is 1.79. The van der Waals surface area contributed by atoms with E-state index in [9.17, 15) is 4.79 Å². The summed E-state index contributed by atoms with van der Waals surface area (Å²) in [5.74, 6) is 0.408. The molecule has 0 N–H and O–H groups in total. The van der Waals surface area contributed by atoms with Crippen molar-refractivity contribution >= 4 is 5.97 Å². The van der Waals surface area contributed by atoms with E-state index in [0.29, 0.717) is 12.5 Å². The van der Waals surface area contributed by atoms with Crippen LogP contribution in [0.4, 0.5) is 0 Å². The molecule has 0 saturated carbocycles. The number of esters is 1. The molecule has 0 aliphatic rings. The first-order valence-corrected chi connectivity index (χ1v) is 6.45. The minimum atomic E-state index is -0.0138. The summed E-state index contributed by atoms with van der Waals surface area (Å²) in [6.07, 6.45) is 8.04. The maximum absolute atomic E-state index is 11.8. The minimum absolute atomic E-state index is 0.0138. The zero-order chi connectivity index (χ0) is 12.4. The van der Waals surface area contributed by atoms with Gasteiger partial charge in [0.15, 0.2) is 0 Å². The molecule has 2 nitrogen and oxygen atoms in total. The van der Waals surface area contributed by atoms with Crippen LogP contribution in [0.25, 0.3) is 0 Å². The van der Waals surface area contributed by atoms with E-state index in [1.54, 1.807) is 0 Å². The molecule has 0 aromatic rings. The molecular formula is C14H26O2. The Morgan fingerprint density at radius 1 is 1.25 bits per heavy atom. The largest absolute Gasteiger partial charge is 0.465 e. The molecule has 0 aliphatic carbocycles. The van der Waals surface area contributed by atoms with Crippen LogP contribution in [0.3, 0.4) is 0 Å². The second kappa shape index (κ2) is 9.44. The quantitative estimate of drug-likeness (QED) is 0.462. The molecule has 0 aliphatic heterocycles. The van der Waals surface area contributed by atoms with Gasteiger partial charge in [0.25, 0.3) is 0 Å². The van der Waals surface area contributed by atoms with E-state index >= 15 is 0 Å². The second-order valence-corrected chi connectivity index (χ2v) is 4.41. The molecule has 0 heterocycles. The Balaban J connectivity index is 3.99. The summed E-state index contributed by atoms with van der Waals surface area (Å²) in [4.78, 5) is 11.8. The van der Waals surface area contributed by atoms with Gasteiger partial charge in [0.2, 0.25) is 0 Å². The van der Waals surface area contributed by atoms with Crippen LogP contribution in [0.15, 0.2) is 12.2 Å². The summed E-state index contributed by atoms with van der Waals surface area (Å²) in [7, 11) is 0. The predicted octanol–water partition coefficient (Wildman–Crippen LogP) is 3.96.